The van der Waals surface area contributed by atoms with Crippen LogP contribution in [0.3, 0.4) is 0 Å². The molecular weight excluding hydrogens is 292 g/mol. The monoisotopic (exact) mass is 316 g/mol. The molecule has 0 spiro atoms. The maximum Gasteiger partial charge on any atom is 0.151 e. The number of rotatable bonds is 7. The van der Waals surface area contributed by atoms with Crippen LogP contribution in [0, 0.1) is 0 Å². The molecule has 4 heteroatoms. The van der Waals surface area contributed by atoms with Crippen molar-refractivity contribution in [2.24, 2.45) is 0 Å². The minimum Gasteiger partial charge on any atom is -0.508 e. The van der Waals surface area contributed by atoms with Gasteiger partial charge in [0.05, 0.1) is 6.10 Å². The van der Waals surface area contributed by atoms with Crippen LogP contribution >= 0.6 is 0 Å². The smallest absolute Gasteiger partial charge is 0.151 e. The van der Waals surface area contributed by atoms with Gasteiger partial charge in [-0.15, -0.1) is 0 Å². The third-order valence-corrected chi connectivity index (χ3v) is 3.97. The highest BCUT2D eigenvalue weighted by molar-refractivity contribution is 5.50. The Kier molecular flexibility index (Phi) is 5.64. The molecule has 2 aromatic carbocycles. The highest BCUT2D eigenvalue weighted by Crippen LogP contribution is 2.45. The molecule has 0 aliphatic carbocycles. The number of phenolic OH excluding ortho intramolecular Hbond substituents is 2. The number of hydrogen-bond acceptors (Lipinski definition) is 4. The van der Waals surface area contributed by atoms with Crippen molar-refractivity contribution in [3.05, 3.63) is 59.7 Å². The van der Waals surface area contributed by atoms with E-state index in [0.29, 0.717) is 24.3 Å². The zero-order chi connectivity index (χ0) is 16.9. The first-order valence-corrected chi connectivity index (χ1v) is 7.90. The number of phenols is 2. The molecule has 124 valence electrons. The molecule has 0 fully saturated rings. The van der Waals surface area contributed by atoms with Crippen LogP contribution in [0.25, 0.3) is 0 Å². The van der Waals surface area contributed by atoms with Gasteiger partial charge in [0.15, 0.2) is 5.60 Å². The molecule has 1 unspecified atom stereocenters. The lowest BCUT2D eigenvalue weighted by Gasteiger charge is -2.40. The van der Waals surface area contributed by atoms with Crippen LogP contribution in [0.15, 0.2) is 48.5 Å². The van der Waals surface area contributed by atoms with Gasteiger partial charge in [-0.3, -0.25) is 0 Å². The first kappa shape index (κ1) is 17.3. The maximum absolute atomic E-state index is 10.4. The van der Waals surface area contributed by atoms with E-state index >= 15 is 0 Å². The van der Waals surface area contributed by atoms with Crippen LogP contribution in [0.2, 0.25) is 0 Å². The second kappa shape index (κ2) is 7.49. The summed E-state index contributed by atoms with van der Waals surface area (Å²) < 4.78 is 12.0. The highest BCUT2D eigenvalue weighted by Gasteiger charge is 2.45. The van der Waals surface area contributed by atoms with Crippen LogP contribution in [0.5, 0.6) is 11.5 Å². The second-order valence-corrected chi connectivity index (χ2v) is 5.30. The van der Waals surface area contributed by atoms with Gasteiger partial charge in [0.1, 0.15) is 11.5 Å². The normalized spacial score (nSPS) is 13.0. The van der Waals surface area contributed by atoms with Crippen LogP contribution in [0.4, 0.5) is 0 Å². The minimum absolute atomic E-state index is 0.107. The Labute approximate surface area is 137 Å². The molecule has 0 radical (unpaired) electrons. The van der Waals surface area contributed by atoms with Gasteiger partial charge in [-0.05, 0) is 32.9 Å². The Balaban J connectivity index is 2.75. The number of para-hydroxylation sites is 2. The van der Waals surface area contributed by atoms with Gasteiger partial charge in [0, 0.05) is 24.3 Å². The van der Waals surface area contributed by atoms with E-state index in [1.54, 1.807) is 36.4 Å². The van der Waals surface area contributed by atoms with E-state index in [4.69, 9.17) is 9.47 Å². The van der Waals surface area contributed by atoms with Crippen molar-refractivity contribution >= 4 is 0 Å². The van der Waals surface area contributed by atoms with Gasteiger partial charge in [0.2, 0.25) is 0 Å². The fraction of sp³-hybridized carbons (Fsp3) is 0.368. The Bertz CT molecular complexity index is 593. The van der Waals surface area contributed by atoms with Crippen molar-refractivity contribution in [2.45, 2.75) is 32.5 Å². The number of hydrogen-bond donors (Lipinski definition) is 2. The molecule has 23 heavy (non-hydrogen) atoms. The molecule has 0 aliphatic rings. The predicted molar refractivity (Wildman–Crippen MR) is 89.7 cm³/mol. The molecule has 2 aromatic rings. The summed E-state index contributed by atoms with van der Waals surface area (Å²) in [7, 11) is 0. The Morgan fingerprint density at radius 3 is 1.74 bits per heavy atom. The SMILES string of the molecule is CCOC(C)C(OCC)(c1ccccc1O)c1ccccc1O. The molecule has 1 atom stereocenters. The van der Waals surface area contributed by atoms with Crippen LogP contribution in [0.1, 0.15) is 31.9 Å². The molecule has 4 nitrogen and oxygen atoms in total. The average molecular weight is 316 g/mol. The van der Waals surface area contributed by atoms with E-state index in [1.165, 1.54) is 0 Å². The van der Waals surface area contributed by atoms with E-state index in [2.05, 4.69) is 0 Å². The molecule has 0 amide bonds. The van der Waals surface area contributed by atoms with Crippen molar-refractivity contribution < 1.29 is 19.7 Å². The van der Waals surface area contributed by atoms with Gasteiger partial charge in [-0.2, -0.15) is 0 Å². The van der Waals surface area contributed by atoms with E-state index in [-0.39, 0.29) is 11.5 Å². The lowest BCUT2D eigenvalue weighted by molar-refractivity contribution is -0.118. The van der Waals surface area contributed by atoms with Crippen LogP contribution in [-0.4, -0.2) is 29.5 Å². The van der Waals surface area contributed by atoms with E-state index in [0.717, 1.165) is 0 Å². The fourth-order valence-electron chi connectivity index (χ4n) is 3.03. The van der Waals surface area contributed by atoms with Gasteiger partial charge in [0.25, 0.3) is 0 Å². The lowest BCUT2D eigenvalue weighted by atomic mass is 9.80. The second-order valence-electron chi connectivity index (χ2n) is 5.30. The minimum atomic E-state index is -1.10. The molecule has 0 aliphatic heterocycles. The van der Waals surface area contributed by atoms with Crippen LogP contribution < -0.4 is 0 Å². The molecule has 0 bridgehead atoms. The Morgan fingerprint density at radius 1 is 0.870 bits per heavy atom. The maximum atomic E-state index is 10.4. The van der Waals surface area contributed by atoms with Crippen LogP contribution in [-0.2, 0) is 15.1 Å². The standard InChI is InChI=1S/C19H24O4/c1-4-22-14(3)19(23-5-2,15-10-6-8-12-17(15)20)16-11-7-9-13-18(16)21/h6-14,20-21H,4-5H2,1-3H3. The summed E-state index contributed by atoms with van der Waals surface area (Å²) in [5, 5.41) is 20.8. The topological polar surface area (TPSA) is 58.9 Å². The fourth-order valence-corrected chi connectivity index (χ4v) is 3.03. The average Bonchev–Trinajstić information content (AvgIpc) is 2.54. The van der Waals surface area contributed by atoms with E-state index < -0.39 is 11.7 Å². The molecular formula is C19H24O4. The summed E-state index contributed by atoms with van der Waals surface area (Å²) in [5.41, 5.74) is 0.0511. The van der Waals surface area contributed by atoms with Gasteiger partial charge < -0.3 is 19.7 Å². The summed E-state index contributed by atoms with van der Waals surface area (Å²) in [4.78, 5) is 0. The molecule has 2 N–H and O–H groups in total. The third-order valence-electron chi connectivity index (χ3n) is 3.97. The quantitative estimate of drug-likeness (QED) is 0.815. The van der Waals surface area contributed by atoms with Crippen molar-refractivity contribution in [3.63, 3.8) is 0 Å². The molecule has 2 rings (SSSR count). The summed E-state index contributed by atoms with van der Waals surface area (Å²) in [6.07, 6.45) is -0.408. The van der Waals surface area contributed by atoms with Gasteiger partial charge in [-0.1, -0.05) is 36.4 Å². The summed E-state index contributed by atoms with van der Waals surface area (Å²) in [5.74, 6) is 0.214. The largest absolute Gasteiger partial charge is 0.508 e. The summed E-state index contributed by atoms with van der Waals surface area (Å²) in [6.45, 7) is 6.58. The number of aromatic hydroxyl groups is 2. The van der Waals surface area contributed by atoms with Gasteiger partial charge >= 0.3 is 0 Å². The first-order valence-electron chi connectivity index (χ1n) is 7.90. The predicted octanol–water partition coefficient (Wildman–Crippen LogP) is 3.80. The van der Waals surface area contributed by atoms with Crippen molar-refractivity contribution in [2.75, 3.05) is 13.2 Å². The number of ether oxygens (including phenoxy) is 2. The van der Waals surface area contributed by atoms with Crippen molar-refractivity contribution in [3.8, 4) is 11.5 Å². The molecule has 0 saturated carbocycles. The van der Waals surface area contributed by atoms with Crippen molar-refractivity contribution in [1.82, 2.24) is 0 Å². The molecule has 0 saturated heterocycles. The third kappa shape index (κ3) is 3.19. The van der Waals surface area contributed by atoms with E-state index in [1.807, 2.05) is 32.9 Å². The lowest BCUT2D eigenvalue weighted by Crippen LogP contribution is -2.43. The van der Waals surface area contributed by atoms with Crippen molar-refractivity contribution in [1.29, 1.82) is 0 Å². The zero-order valence-corrected chi connectivity index (χ0v) is 13.8. The number of benzene rings is 2. The molecule has 0 aromatic heterocycles. The molecule has 0 heterocycles. The van der Waals surface area contributed by atoms with E-state index in [9.17, 15) is 10.2 Å². The Morgan fingerprint density at radius 2 is 1.35 bits per heavy atom. The van der Waals surface area contributed by atoms with Gasteiger partial charge in [-0.25, -0.2) is 0 Å². The summed E-state index contributed by atoms with van der Waals surface area (Å²) >= 11 is 0. The highest BCUT2D eigenvalue weighted by atomic mass is 16.5. The zero-order valence-electron chi connectivity index (χ0n) is 13.8. The summed E-state index contributed by atoms with van der Waals surface area (Å²) in [6, 6.07) is 14.0. The first-order chi connectivity index (χ1) is 11.1. The Hall–Kier alpha value is -2.04.